The molecule has 2 N–H and O–H groups in total. The molecule has 1 nitrogen and oxygen atoms in total. The Morgan fingerprint density at radius 2 is 2.00 bits per heavy atom. The van der Waals surface area contributed by atoms with Gasteiger partial charge < -0.3 is 5.73 Å². The van der Waals surface area contributed by atoms with Crippen molar-refractivity contribution >= 4 is 48.7 Å². The number of halogens is 1. The fraction of sp³-hybridized carbons (Fsp3) is 0.143. The van der Waals surface area contributed by atoms with Crippen LogP contribution in [-0.4, -0.2) is 0 Å². The molecule has 0 aliphatic carbocycles. The van der Waals surface area contributed by atoms with Gasteiger partial charge >= 0.3 is 0 Å². The molecule has 0 amide bonds. The van der Waals surface area contributed by atoms with Crippen LogP contribution in [0, 0.1) is 0 Å². The number of nitrogens with two attached hydrogens (primary N) is 1. The molecule has 0 bridgehead atoms. The van der Waals surface area contributed by atoms with Crippen LogP contribution < -0.4 is 5.73 Å². The number of hydrogen-bond donors (Lipinski definition) is 1. The summed E-state index contributed by atoms with van der Waals surface area (Å²) < 4.78 is 2.48. The fourth-order valence-electron chi connectivity index (χ4n) is 2.06. The monoisotopic (exact) mass is 337 g/mol. The Morgan fingerprint density at radius 1 is 1.17 bits per heavy atom. The van der Waals surface area contributed by atoms with E-state index in [0.29, 0.717) is 0 Å². The summed E-state index contributed by atoms with van der Waals surface area (Å²) in [4.78, 5) is 1.23. The summed E-state index contributed by atoms with van der Waals surface area (Å²) in [6.45, 7) is 0. The van der Waals surface area contributed by atoms with Crippen molar-refractivity contribution in [1.82, 2.24) is 0 Å². The van der Waals surface area contributed by atoms with Crippen LogP contribution in [0.4, 0.5) is 0 Å². The molecule has 0 aliphatic rings. The highest BCUT2D eigenvalue weighted by molar-refractivity contribution is 9.11. The molecule has 2 aromatic heterocycles. The summed E-state index contributed by atoms with van der Waals surface area (Å²) in [7, 11) is 0. The Kier molecular flexibility index (Phi) is 3.52. The van der Waals surface area contributed by atoms with Gasteiger partial charge in [0.25, 0.3) is 0 Å². The minimum Gasteiger partial charge on any atom is -0.323 e. The molecule has 0 aliphatic heterocycles. The Bertz CT molecular complexity index is 671. The number of hydrogen-bond acceptors (Lipinski definition) is 3. The Morgan fingerprint density at radius 3 is 2.78 bits per heavy atom. The van der Waals surface area contributed by atoms with Crippen molar-refractivity contribution in [2.24, 2.45) is 5.73 Å². The van der Waals surface area contributed by atoms with Crippen molar-refractivity contribution in [3.63, 3.8) is 0 Å². The van der Waals surface area contributed by atoms with Gasteiger partial charge in [0.2, 0.25) is 0 Å². The van der Waals surface area contributed by atoms with Gasteiger partial charge in [-0.2, -0.15) is 0 Å². The summed E-state index contributed by atoms with van der Waals surface area (Å²) in [5.74, 6) is 0. The van der Waals surface area contributed by atoms with E-state index < -0.39 is 0 Å². The van der Waals surface area contributed by atoms with Gasteiger partial charge in [-0.05, 0) is 56.9 Å². The van der Waals surface area contributed by atoms with E-state index in [1.807, 2.05) is 0 Å². The van der Waals surface area contributed by atoms with Gasteiger partial charge in [-0.25, -0.2) is 0 Å². The number of rotatable bonds is 3. The predicted molar refractivity (Wildman–Crippen MR) is 84.5 cm³/mol. The van der Waals surface area contributed by atoms with Gasteiger partial charge in [-0.15, -0.1) is 22.7 Å². The molecule has 1 atom stereocenters. The van der Waals surface area contributed by atoms with E-state index in [1.165, 1.54) is 20.5 Å². The molecule has 0 saturated carbocycles. The SMILES string of the molecule is NC(Cc1csc2ccccc12)c1ccc(Br)s1. The third-order valence-electron chi connectivity index (χ3n) is 2.96. The lowest BCUT2D eigenvalue weighted by atomic mass is 10.0. The van der Waals surface area contributed by atoms with Crippen molar-refractivity contribution in [2.75, 3.05) is 0 Å². The van der Waals surface area contributed by atoms with Crippen molar-refractivity contribution in [3.8, 4) is 0 Å². The highest BCUT2D eigenvalue weighted by atomic mass is 79.9. The molecule has 2 heterocycles. The second-order valence-electron chi connectivity index (χ2n) is 4.21. The van der Waals surface area contributed by atoms with Crippen LogP contribution >= 0.6 is 38.6 Å². The number of benzene rings is 1. The minimum atomic E-state index is 0.0827. The Hall–Kier alpha value is -0.680. The third-order valence-corrected chi connectivity index (χ3v) is 5.73. The van der Waals surface area contributed by atoms with E-state index in [9.17, 15) is 0 Å². The molecule has 1 aromatic carbocycles. The topological polar surface area (TPSA) is 26.0 Å². The normalized spacial score (nSPS) is 13.0. The highest BCUT2D eigenvalue weighted by Crippen LogP contribution is 2.31. The molecule has 0 saturated heterocycles. The summed E-state index contributed by atoms with van der Waals surface area (Å²) >= 11 is 7.00. The van der Waals surface area contributed by atoms with Gasteiger partial charge in [0.05, 0.1) is 3.79 Å². The summed E-state index contributed by atoms with van der Waals surface area (Å²) in [5, 5.41) is 3.57. The second kappa shape index (κ2) is 5.13. The van der Waals surface area contributed by atoms with Crippen LogP contribution in [0.1, 0.15) is 16.5 Å². The van der Waals surface area contributed by atoms with E-state index in [1.54, 1.807) is 22.7 Å². The van der Waals surface area contributed by atoms with Crippen molar-refractivity contribution < 1.29 is 0 Å². The van der Waals surface area contributed by atoms with Crippen LogP contribution in [0.3, 0.4) is 0 Å². The van der Waals surface area contributed by atoms with Crippen LogP contribution in [-0.2, 0) is 6.42 Å². The first kappa shape index (κ1) is 12.4. The minimum absolute atomic E-state index is 0.0827. The molecule has 1 unspecified atom stereocenters. The van der Waals surface area contributed by atoms with Gasteiger partial charge in [0.15, 0.2) is 0 Å². The first-order valence-electron chi connectivity index (χ1n) is 5.70. The molecule has 0 fully saturated rings. The van der Waals surface area contributed by atoms with E-state index in [4.69, 9.17) is 5.73 Å². The van der Waals surface area contributed by atoms with E-state index in [0.717, 1.165) is 10.2 Å². The zero-order valence-corrected chi connectivity index (χ0v) is 12.8. The van der Waals surface area contributed by atoms with Crippen LogP contribution in [0.25, 0.3) is 10.1 Å². The standard InChI is InChI=1S/C14H12BrNS2/c15-14-6-5-13(18-14)11(16)7-9-8-17-12-4-2-1-3-10(9)12/h1-6,8,11H,7,16H2. The Balaban J connectivity index is 1.88. The average Bonchev–Trinajstić information content (AvgIpc) is 2.97. The number of thiophene rings is 2. The van der Waals surface area contributed by atoms with E-state index in [-0.39, 0.29) is 6.04 Å². The average molecular weight is 338 g/mol. The molecule has 4 heteroatoms. The van der Waals surface area contributed by atoms with Crippen LogP contribution in [0.5, 0.6) is 0 Å². The molecular formula is C14H12BrNS2. The van der Waals surface area contributed by atoms with Gasteiger partial charge in [-0.1, -0.05) is 18.2 Å². The first-order chi connectivity index (χ1) is 8.74. The smallest absolute Gasteiger partial charge is 0.0701 e. The molecular weight excluding hydrogens is 326 g/mol. The molecule has 0 radical (unpaired) electrons. The summed E-state index contributed by atoms with van der Waals surface area (Å²) in [6, 6.07) is 12.8. The quantitative estimate of drug-likeness (QED) is 0.717. The molecule has 92 valence electrons. The van der Waals surface area contributed by atoms with E-state index >= 15 is 0 Å². The lowest BCUT2D eigenvalue weighted by Crippen LogP contribution is -2.11. The molecule has 3 rings (SSSR count). The summed E-state index contributed by atoms with van der Waals surface area (Å²) in [6.07, 6.45) is 0.900. The van der Waals surface area contributed by atoms with Crippen LogP contribution in [0.15, 0.2) is 45.6 Å². The zero-order valence-electron chi connectivity index (χ0n) is 9.60. The van der Waals surface area contributed by atoms with E-state index in [2.05, 4.69) is 57.7 Å². The van der Waals surface area contributed by atoms with Gasteiger partial charge in [0.1, 0.15) is 0 Å². The van der Waals surface area contributed by atoms with Crippen LogP contribution in [0.2, 0.25) is 0 Å². The second-order valence-corrected chi connectivity index (χ2v) is 7.62. The zero-order chi connectivity index (χ0) is 12.5. The summed E-state index contributed by atoms with van der Waals surface area (Å²) in [5.41, 5.74) is 7.64. The molecule has 18 heavy (non-hydrogen) atoms. The maximum absolute atomic E-state index is 6.28. The maximum atomic E-state index is 6.28. The molecule has 0 spiro atoms. The van der Waals surface area contributed by atoms with Gasteiger partial charge in [0, 0.05) is 15.6 Å². The number of fused-ring (bicyclic) bond motifs is 1. The lowest BCUT2D eigenvalue weighted by Gasteiger charge is -2.08. The lowest BCUT2D eigenvalue weighted by molar-refractivity contribution is 0.742. The maximum Gasteiger partial charge on any atom is 0.0701 e. The van der Waals surface area contributed by atoms with Crippen molar-refractivity contribution in [3.05, 3.63) is 56.0 Å². The largest absolute Gasteiger partial charge is 0.323 e. The Labute approximate surface area is 122 Å². The highest BCUT2D eigenvalue weighted by Gasteiger charge is 2.12. The van der Waals surface area contributed by atoms with Crippen molar-refractivity contribution in [1.29, 1.82) is 0 Å². The van der Waals surface area contributed by atoms with Crippen molar-refractivity contribution in [2.45, 2.75) is 12.5 Å². The fourth-order valence-corrected chi connectivity index (χ4v) is 4.46. The van der Waals surface area contributed by atoms with Gasteiger partial charge in [-0.3, -0.25) is 0 Å². The first-order valence-corrected chi connectivity index (χ1v) is 8.19. The third kappa shape index (κ3) is 2.38. The molecule has 3 aromatic rings. The predicted octanol–water partition coefficient (Wildman–Crippen LogP) is 4.97.